The summed E-state index contributed by atoms with van der Waals surface area (Å²) in [6.45, 7) is 10.1. The molecule has 1 aromatic heterocycles. The van der Waals surface area contributed by atoms with Gasteiger partial charge >= 0.3 is 0 Å². The van der Waals surface area contributed by atoms with E-state index in [4.69, 9.17) is 5.10 Å². The molecule has 2 heteroatoms. The number of nitrogens with zero attached hydrogens (tertiary/aromatic N) is 2. The molecule has 0 saturated heterocycles. The molecule has 0 atom stereocenters. The second-order valence-electron chi connectivity index (χ2n) is 6.10. The molecule has 0 aromatic carbocycles. The van der Waals surface area contributed by atoms with E-state index in [0.717, 1.165) is 18.9 Å². The number of hydrogen-bond donors (Lipinski definition) is 0. The second kappa shape index (κ2) is 4.23. The first-order chi connectivity index (χ1) is 7.50. The summed E-state index contributed by atoms with van der Waals surface area (Å²) in [5.74, 6) is 0.887. The Labute approximate surface area is 99.0 Å². The topological polar surface area (TPSA) is 17.8 Å². The minimum atomic E-state index is 0.175. The van der Waals surface area contributed by atoms with E-state index >= 15 is 0 Å². The smallest absolute Gasteiger partial charge is 0.0680 e. The van der Waals surface area contributed by atoms with Gasteiger partial charge in [0.25, 0.3) is 0 Å². The predicted molar refractivity (Wildman–Crippen MR) is 67.6 cm³/mol. The number of rotatable bonds is 3. The highest BCUT2D eigenvalue weighted by atomic mass is 15.3. The molecule has 1 aromatic rings. The summed E-state index contributed by atoms with van der Waals surface area (Å²) in [7, 11) is 0. The van der Waals surface area contributed by atoms with E-state index in [2.05, 4.69) is 38.4 Å². The minimum Gasteiger partial charge on any atom is -0.269 e. The first-order valence-corrected chi connectivity index (χ1v) is 6.58. The highest BCUT2D eigenvalue weighted by Crippen LogP contribution is 2.29. The lowest BCUT2D eigenvalue weighted by molar-refractivity contribution is 0.262. The van der Waals surface area contributed by atoms with Crippen LogP contribution >= 0.6 is 0 Å². The number of aromatic nitrogens is 2. The molecule has 1 aliphatic carbocycles. The maximum absolute atomic E-state index is 4.79. The van der Waals surface area contributed by atoms with Gasteiger partial charge in [-0.25, -0.2) is 0 Å². The molecule has 2 nitrogen and oxygen atoms in total. The normalized spacial score (nSPS) is 17.5. The van der Waals surface area contributed by atoms with Crippen molar-refractivity contribution in [1.82, 2.24) is 9.78 Å². The molecule has 1 saturated carbocycles. The number of aryl methyl sites for hydroxylation is 1. The van der Waals surface area contributed by atoms with Crippen molar-refractivity contribution in [3.05, 3.63) is 17.5 Å². The van der Waals surface area contributed by atoms with Gasteiger partial charge in [-0.2, -0.15) is 5.10 Å². The molecule has 2 rings (SSSR count). The lowest BCUT2D eigenvalue weighted by Crippen LogP contribution is -2.21. The summed E-state index contributed by atoms with van der Waals surface area (Å²) in [6.07, 6.45) is 5.30. The summed E-state index contributed by atoms with van der Waals surface area (Å²) in [5, 5.41) is 4.79. The maximum atomic E-state index is 4.79. The van der Waals surface area contributed by atoms with Crippen molar-refractivity contribution < 1.29 is 0 Å². The molecule has 16 heavy (non-hydrogen) atoms. The third kappa shape index (κ3) is 2.31. The summed E-state index contributed by atoms with van der Waals surface area (Å²) in [4.78, 5) is 0. The molecule has 0 N–H and O–H groups in total. The van der Waals surface area contributed by atoms with E-state index in [9.17, 15) is 0 Å². The van der Waals surface area contributed by atoms with Crippen molar-refractivity contribution in [1.29, 1.82) is 0 Å². The fourth-order valence-corrected chi connectivity index (χ4v) is 2.18. The third-order valence-corrected chi connectivity index (χ3v) is 3.65. The van der Waals surface area contributed by atoms with Crippen LogP contribution in [0.15, 0.2) is 6.07 Å². The first kappa shape index (κ1) is 11.7. The Hall–Kier alpha value is -0.790. The first-order valence-electron chi connectivity index (χ1n) is 6.58. The Morgan fingerprint density at radius 2 is 2.06 bits per heavy atom. The van der Waals surface area contributed by atoms with Crippen LogP contribution in [0.5, 0.6) is 0 Å². The predicted octanol–water partition coefficient (Wildman–Crippen LogP) is 3.54. The second-order valence-corrected chi connectivity index (χ2v) is 6.10. The Bertz CT molecular complexity index is 353. The fourth-order valence-electron chi connectivity index (χ4n) is 2.18. The van der Waals surface area contributed by atoms with E-state index in [-0.39, 0.29) is 5.41 Å². The van der Waals surface area contributed by atoms with Crippen LogP contribution in [0.25, 0.3) is 0 Å². The third-order valence-electron chi connectivity index (χ3n) is 3.65. The van der Waals surface area contributed by atoms with E-state index in [0.29, 0.717) is 0 Å². The van der Waals surface area contributed by atoms with E-state index < -0.39 is 0 Å². The molecule has 0 spiro atoms. The fraction of sp³-hybridized carbons (Fsp3) is 0.786. The number of hydrogen-bond acceptors (Lipinski definition) is 1. The summed E-state index contributed by atoms with van der Waals surface area (Å²) in [5.41, 5.74) is 2.81. The van der Waals surface area contributed by atoms with Crippen molar-refractivity contribution in [3.8, 4) is 0 Å². The Morgan fingerprint density at radius 3 is 2.50 bits per heavy atom. The maximum Gasteiger partial charge on any atom is 0.0680 e. The van der Waals surface area contributed by atoms with Crippen LogP contribution in [0.3, 0.4) is 0 Å². The summed E-state index contributed by atoms with van der Waals surface area (Å²) < 4.78 is 2.25. The molecule has 0 bridgehead atoms. The SMILES string of the molecule is CCc1cc(C(C)(C)C)nn1CC1CCC1. The molecule has 90 valence electrons. The molecule has 0 amide bonds. The zero-order chi connectivity index (χ0) is 11.8. The zero-order valence-corrected chi connectivity index (χ0v) is 11.1. The van der Waals surface area contributed by atoms with E-state index in [1.807, 2.05) is 0 Å². The van der Waals surface area contributed by atoms with Crippen molar-refractivity contribution in [2.45, 2.75) is 65.3 Å². The lowest BCUT2D eigenvalue weighted by atomic mass is 9.85. The quantitative estimate of drug-likeness (QED) is 0.762. The molecule has 1 fully saturated rings. The molecule has 1 aliphatic rings. The molecular formula is C14H24N2. The molecule has 0 aliphatic heterocycles. The van der Waals surface area contributed by atoms with Crippen LogP contribution in [0, 0.1) is 5.92 Å². The standard InChI is InChI=1S/C14H24N2/c1-5-12-9-13(14(2,3)4)15-16(12)10-11-7-6-8-11/h9,11H,5-8,10H2,1-4H3. The van der Waals surface area contributed by atoms with Crippen molar-refractivity contribution in [2.75, 3.05) is 0 Å². The average molecular weight is 220 g/mol. The van der Waals surface area contributed by atoms with E-state index in [1.165, 1.54) is 30.7 Å². The Balaban J connectivity index is 2.18. The van der Waals surface area contributed by atoms with Gasteiger partial charge in [-0.05, 0) is 31.2 Å². The monoisotopic (exact) mass is 220 g/mol. The Kier molecular flexibility index (Phi) is 3.09. The van der Waals surface area contributed by atoms with Crippen LogP contribution in [0.1, 0.15) is 58.3 Å². The molecule has 0 unspecified atom stereocenters. The van der Waals surface area contributed by atoms with Gasteiger partial charge in [0.15, 0.2) is 0 Å². The highest BCUT2D eigenvalue weighted by Gasteiger charge is 2.22. The Morgan fingerprint density at radius 1 is 1.38 bits per heavy atom. The van der Waals surface area contributed by atoms with Crippen LogP contribution < -0.4 is 0 Å². The van der Waals surface area contributed by atoms with Crippen LogP contribution in [-0.2, 0) is 18.4 Å². The molecule has 0 radical (unpaired) electrons. The van der Waals surface area contributed by atoms with Gasteiger partial charge in [-0.3, -0.25) is 4.68 Å². The largest absolute Gasteiger partial charge is 0.269 e. The van der Waals surface area contributed by atoms with Crippen molar-refractivity contribution in [2.24, 2.45) is 5.92 Å². The van der Waals surface area contributed by atoms with E-state index in [1.54, 1.807) is 0 Å². The van der Waals surface area contributed by atoms with Gasteiger partial charge in [0.1, 0.15) is 0 Å². The zero-order valence-electron chi connectivity index (χ0n) is 11.1. The van der Waals surface area contributed by atoms with Gasteiger partial charge < -0.3 is 0 Å². The van der Waals surface area contributed by atoms with Gasteiger partial charge in [0.05, 0.1) is 5.69 Å². The van der Waals surface area contributed by atoms with Gasteiger partial charge in [-0.15, -0.1) is 0 Å². The van der Waals surface area contributed by atoms with Crippen LogP contribution in [0.2, 0.25) is 0 Å². The van der Waals surface area contributed by atoms with Crippen LogP contribution in [-0.4, -0.2) is 9.78 Å². The summed E-state index contributed by atoms with van der Waals surface area (Å²) >= 11 is 0. The van der Waals surface area contributed by atoms with Gasteiger partial charge in [-0.1, -0.05) is 34.1 Å². The lowest BCUT2D eigenvalue weighted by Gasteiger charge is -2.25. The molecular weight excluding hydrogens is 196 g/mol. The highest BCUT2D eigenvalue weighted by molar-refractivity contribution is 5.17. The summed E-state index contributed by atoms with van der Waals surface area (Å²) in [6, 6.07) is 2.29. The van der Waals surface area contributed by atoms with Crippen molar-refractivity contribution >= 4 is 0 Å². The van der Waals surface area contributed by atoms with Gasteiger partial charge in [0, 0.05) is 17.7 Å². The minimum absolute atomic E-state index is 0.175. The molecule has 1 heterocycles. The van der Waals surface area contributed by atoms with Crippen molar-refractivity contribution in [3.63, 3.8) is 0 Å². The van der Waals surface area contributed by atoms with Gasteiger partial charge in [0.2, 0.25) is 0 Å². The average Bonchev–Trinajstić information content (AvgIpc) is 2.53. The van der Waals surface area contributed by atoms with Crippen LogP contribution in [0.4, 0.5) is 0 Å².